The van der Waals surface area contributed by atoms with Crippen LogP contribution in [0.5, 0.6) is 0 Å². The van der Waals surface area contributed by atoms with Crippen LogP contribution in [0.3, 0.4) is 0 Å². The van der Waals surface area contributed by atoms with Gasteiger partial charge in [0.25, 0.3) is 0 Å². The van der Waals surface area contributed by atoms with Crippen LogP contribution in [0.2, 0.25) is 0 Å². The first-order chi connectivity index (χ1) is 12.8. The minimum Gasteiger partial charge on any atom is -0.376 e. The van der Waals surface area contributed by atoms with E-state index in [4.69, 9.17) is 4.74 Å². The van der Waals surface area contributed by atoms with Gasteiger partial charge in [-0.05, 0) is 25.0 Å². The number of benzene rings is 1. The van der Waals surface area contributed by atoms with Gasteiger partial charge >= 0.3 is 0 Å². The lowest BCUT2D eigenvalue weighted by Crippen LogP contribution is -2.38. The zero-order valence-corrected chi connectivity index (χ0v) is 18.1. The first-order valence-electron chi connectivity index (χ1n) is 8.63. The number of carbonyl (C=O) groups is 1. The summed E-state index contributed by atoms with van der Waals surface area (Å²) < 4.78 is 29.5. The molecule has 1 aliphatic heterocycles. The normalized spacial score (nSPS) is 17.2. The molecule has 2 heterocycles. The van der Waals surface area contributed by atoms with Gasteiger partial charge in [-0.2, -0.15) is 0 Å². The van der Waals surface area contributed by atoms with Crippen molar-refractivity contribution in [2.45, 2.75) is 25.4 Å². The van der Waals surface area contributed by atoms with E-state index in [0.29, 0.717) is 18.3 Å². The lowest BCUT2D eigenvalue weighted by molar-refractivity contribution is -0.118. The second kappa shape index (κ2) is 8.81. The Morgan fingerprint density at radius 3 is 2.74 bits per heavy atom. The molecule has 0 aliphatic carbocycles. The lowest BCUT2D eigenvalue weighted by Gasteiger charge is -2.23. The van der Waals surface area contributed by atoms with Crippen molar-refractivity contribution in [2.24, 2.45) is 0 Å². The maximum atomic E-state index is 12.7. The standard InChI is InChI=1S/C18H21BrN2O4S2/c1-27(23,24)10-8-17(22)21(11-15-3-2-9-25-15)18-20-16(12-26-18)13-4-6-14(19)7-5-13/h4-7,12,15H,2-3,8-11H2,1H3. The fourth-order valence-electron chi connectivity index (χ4n) is 2.83. The molecule has 1 atom stereocenters. The molecule has 6 nitrogen and oxygen atoms in total. The number of sulfone groups is 1. The Kier molecular flexibility index (Phi) is 6.67. The number of thiazole rings is 1. The van der Waals surface area contributed by atoms with E-state index >= 15 is 0 Å². The number of rotatable bonds is 7. The Balaban J connectivity index is 1.81. The molecular weight excluding hydrogens is 452 g/mol. The fraction of sp³-hybridized carbons (Fsp3) is 0.444. The van der Waals surface area contributed by atoms with Crippen LogP contribution in [-0.2, 0) is 19.4 Å². The molecule has 1 aliphatic rings. The topological polar surface area (TPSA) is 76.6 Å². The summed E-state index contributed by atoms with van der Waals surface area (Å²) in [4.78, 5) is 18.9. The zero-order valence-electron chi connectivity index (χ0n) is 14.9. The van der Waals surface area contributed by atoms with Crippen LogP contribution in [0.4, 0.5) is 5.13 Å². The van der Waals surface area contributed by atoms with Crippen LogP contribution in [0.15, 0.2) is 34.1 Å². The van der Waals surface area contributed by atoms with Crippen molar-refractivity contribution < 1.29 is 17.9 Å². The predicted octanol–water partition coefficient (Wildman–Crippen LogP) is 3.52. The molecule has 0 saturated carbocycles. The number of hydrogen-bond donors (Lipinski definition) is 0. The molecule has 146 valence electrons. The Labute approximate surface area is 171 Å². The van der Waals surface area contributed by atoms with Gasteiger partial charge in [0.05, 0.1) is 24.1 Å². The van der Waals surface area contributed by atoms with Crippen LogP contribution in [0, 0.1) is 0 Å². The maximum absolute atomic E-state index is 12.7. The summed E-state index contributed by atoms with van der Waals surface area (Å²) >= 11 is 4.79. The maximum Gasteiger partial charge on any atom is 0.229 e. The first-order valence-corrected chi connectivity index (χ1v) is 12.4. The average molecular weight is 473 g/mol. The third-order valence-electron chi connectivity index (χ3n) is 4.26. The van der Waals surface area contributed by atoms with Gasteiger partial charge in [0, 0.05) is 34.7 Å². The van der Waals surface area contributed by atoms with Gasteiger partial charge in [-0.15, -0.1) is 11.3 Å². The SMILES string of the molecule is CS(=O)(=O)CCC(=O)N(CC1CCCO1)c1nc(-c2ccc(Br)cc2)cs1. The molecule has 0 spiro atoms. The number of amides is 1. The fourth-order valence-corrected chi connectivity index (χ4v) is 4.50. The van der Waals surface area contributed by atoms with E-state index in [-0.39, 0.29) is 24.2 Å². The van der Waals surface area contributed by atoms with Crippen LogP contribution in [0.25, 0.3) is 11.3 Å². The predicted molar refractivity (Wildman–Crippen MR) is 111 cm³/mol. The summed E-state index contributed by atoms with van der Waals surface area (Å²) in [5.41, 5.74) is 1.75. The largest absolute Gasteiger partial charge is 0.376 e. The van der Waals surface area contributed by atoms with Crippen molar-refractivity contribution in [2.75, 3.05) is 30.1 Å². The number of carbonyl (C=O) groups excluding carboxylic acids is 1. The van der Waals surface area contributed by atoms with Crippen molar-refractivity contribution >= 4 is 48.1 Å². The summed E-state index contributed by atoms with van der Waals surface area (Å²) in [5.74, 6) is -0.411. The van der Waals surface area contributed by atoms with Gasteiger partial charge < -0.3 is 4.74 Å². The molecule has 1 saturated heterocycles. The highest BCUT2D eigenvalue weighted by atomic mass is 79.9. The van der Waals surface area contributed by atoms with E-state index in [2.05, 4.69) is 20.9 Å². The van der Waals surface area contributed by atoms with E-state index in [0.717, 1.165) is 34.8 Å². The second-order valence-corrected chi connectivity index (χ2v) is 10.6. The Morgan fingerprint density at radius 1 is 1.37 bits per heavy atom. The van der Waals surface area contributed by atoms with Gasteiger partial charge in [-0.25, -0.2) is 13.4 Å². The van der Waals surface area contributed by atoms with E-state index in [1.807, 2.05) is 29.6 Å². The number of nitrogens with zero attached hydrogens (tertiary/aromatic N) is 2. The third-order valence-corrected chi connectivity index (χ3v) is 6.60. The monoisotopic (exact) mass is 472 g/mol. The number of ether oxygens (including phenoxy) is 1. The first kappa shape index (κ1) is 20.4. The molecule has 9 heteroatoms. The molecule has 0 N–H and O–H groups in total. The van der Waals surface area contributed by atoms with E-state index in [1.54, 1.807) is 4.90 Å². The molecule has 1 amide bonds. The molecule has 1 fully saturated rings. The summed E-state index contributed by atoms with van der Waals surface area (Å²) in [6.07, 6.45) is 2.91. The highest BCUT2D eigenvalue weighted by Gasteiger charge is 2.26. The molecule has 0 radical (unpaired) electrons. The third kappa shape index (κ3) is 5.84. The number of halogens is 1. The molecule has 0 bridgehead atoms. The van der Waals surface area contributed by atoms with Crippen molar-refractivity contribution in [1.29, 1.82) is 0 Å². The molecule has 27 heavy (non-hydrogen) atoms. The van der Waals surface area contributed by atoms with Crippen molar-refractivity contribution in [3.05, 3.63) is 34.1 Å². The summed E-state index contributed by atoms with van der Waals surface area (Å²) in [7, 11) is -3.20. The number of aromatic nitrogens is 1. The molecule has 3 rings (SSSR count). The van der Waals surface area contributed by atoms with E-state index < -0.39 is 9.84 Å². The number of hydrogen-bond acceptors (Lipinski definition) is 6. The Morgan fingerprint density at radius 2 is 2.11 bits per heavy atom. The Bertz CT molecular complexity index is 890. The molecular formula is C18H21BrN2O4S2. The van der Waals surface area contributed by atoms with Crippen LogP contribution in [0.1, 0.15) is 19.3 Å². The van der Waals surface area contributed by atoms with Gasteiger partial charge in [0.15, 0.2) is 5.13 Å². The highest BCUT2D eigenvalue weighted by molar-refractivity contribution is 9.10. The smallest absolute Gasteiger partial charge is 0.229 e. The quantitative estimate of drug-likeness (QED) is 0.615. The molecule has 1 aromatic carbocycles. The van der Waals surface area contributed by atoms with E-state index in [1.165, 1.54) is 11.3 Å². The van der Waals surface area contributed by atoms with Crippen LogP contribution in [-0.4, -0.2) is 50.6 Å². The summed E-state index contributed by atoms with van der Waals surface area (Å²) in [6, 6.07) is 7.79. The molecule has 1 unspecified atom stereocenters. The van der Waals surface area contributed by atoms with Crippen LogP contribution >= 0.6 is 27.3 Å². The van der Waals surface area contributed by atoms with Crippen molar-refractivity contribution in [1.82, 2.24) is 4.98 Å². The molecule has 2 aromatic rings. The van der Waals surface area contributed by atoms with Crippen molar-refractivity contribution in [3.63, 3.8) is 0 Å². The van der Waals surface area contributed by atoms with Gasteiger partial charge in [0.1, 0.15) is 9.84 Å². The lowest BCUT2D eigenvalue weighted by atomic mass is 10.2. The number of anilines is 1. The zero-order chi connectivity index (χ0) is 19.4. The summed E-state index contributed by atoms with van der Waals surface area (Å²) in [6.45, 7) is 1.09. The Hall–Kier alpha value is -1.29. The van der Waals surface area contributed by atoms with Gasteiger partial charge in [-0.3, -0.25) is 9.69 Å². The summed E-state index contributed by atoms with van der Waals surface area (Å²) in [5, 5.41) is 2.48. The highest BCUT2D eigenvalue weighted by Crippen LogP contribution is 2.29. The van der Waals surface area contributed by atoms with E-state index in [9.17, 15) is 13.2 Å². The van der Waals surface area contributed by atoms with Crippen molar-refractivity contribution in [3.8, 4) is 11.3 Å². The minimum absolute atomic E-state index is 0.0350. The van der Waals surface area contributed by atoms with Crippen LogP contribution < -0.4 is 4.90 Å². The van der Waals surface area contributed by atoms with Gasteiger partial charge in [-0.1, -0.05) is 28.1 Å². The van der Waals surface area contributed by atoms with Gasteiger partial charge in [0.2, 0.25) is 5.91 Å². The second-order valence-electron chi connectivity index (χ2n) is 6.54. The minimum atomic E-state index is -3.20. The molecule has 1 aromatic heterocycles. The average Bonchev–Trinajstić information content (AvgIpc) is 3.29.